The Morgan fingerprint density at radius 1 is 1.04 bits per heavy atom. The fourth-order valence-electron chi connectivity index (χ4n) is 3.42. The largest absolute Gasteiger partial charge is 0.393 e. The predicted octanol–water partition coefficient (Wildman–Crippen LogP) is 4.47. The molecule has 6 heteroatoms. The van der Waals surface area contributed by atoms with Crippen molar-refractivity contribution in [1.29, 1.82) is 0 Å². The minimum absolute atomic E-state index is 0.0949. The number of pyridine rings is 1. The van der Waals surface area contributed by atoms with Gasteiger partial charge in [0.05, 0.1) is 37.0 Å². The average Bonchev–Trinajstić information content (AvgIpc) is 3.02. The number of hydrogen-bond donors (Lipinski definition) is 1. The molecule has 0 bridgehead atoms. The van der Waals surface area contributed by atoms with Crippen LogP contribution in [0.2, 0.25) is 0 Å². The van der Waals surface area contributed by atoms with Crippen LogP contribution in [-0.2, 0) is 4.74 Å². The third-order valence-electron chi connectivity index (χ3n) is 5.03. The smallest absolute Gasteiger partial charge is 0.254 e. The quantitative estimate of drug-likeness (QED) is 0.542. The van der Waals surface area contributed by atoms with E-state index in [2.05, 4.69) is 16.0 Å². The zero-order chi connectivity index (χ0) is 19.1. The van der Waals surface area contributed by atoms with E-state index in [4.69, 9.17) is 22.0 Å². The first-order valence-corrected chi connectivity index (χ1v) is 9.04. The SMILES string of the molecule is [C-]#[N+]c1c(-c2ccc3ccc(-c4ccccc4)nc3c2)nn(C2COC2)c1N. The number of rotatable bonds is 3. The number of benzene rings is 2. The predicted molar refractivity (Wildman–Crippen MR) is 109 cm³/mol. The Balaban J connectivity index is 1.63. The van der Waals surface area contributed by atoms with Crippen LogP contribution >= 0.6 is 0 Å². The fourth-order valence-corrected chi connectivity index (χ4v) is 3.42. The molecule has 0 aliphatic carbocycles. The second-order valence-electron chi connectivity index (χ2n) is 6.80. The maximum Gasteiger partial charge on any atom is 0.254 e. The summed E-state index contributed by atoms with van der Waals surface area (Å²) in [5.74, 6) is 0.393. The number of aromatic nitrogens is 3. The summed E-state index contributed by atoms with van der Waals surface area (Å²) in [7, 11) is 0. The summed E-state index contributed by atoms with van der Waals surface area (Å²) in [4.78, 5) is 8.45. The lowest BCUT2D eigenvalue weighted by Gasteiger charge is -2.27. The van der Waals surface area contributed by atoms with Gasteiger partial charge >= 0.3 is 0 Å². The first kappa shape index (κ1) is 16.5. The molecule has 1 saturated heterocycles. The van der Waals surface area contributed by atoms with E-state index in [1.165, 1.54) is 0 Å². The standard InChI is InChI=1S/C22H17N5O/c1-24-21-20(26-27(22(21)23)17-12-28-13-17)16-8-7-15-9-10-18(25-19(15)11-16)14-5-3-2-4-6-14/h2-11,17H,12-13,23H2. The number of nitrogen functional groups attached to an aromatic ring is 1. The van der Waals surface area contributed by atoms with Gasteiger partial charge in [0.25, 0.3) is 5.69 Å². The molecule has 0 atom stereocenters. The summed E-state index contributed by atoms with van der Waals surface area (Å²) in [5, 5.41) is 5.67. The molecule has 136 valence electrons. The molecule has 2 aromatic heterocycles. The molecule has 1 fully saturated rings. The van der Waals surface area contributed by atoms with Crippen LogP contribution in [0.3, 0.4) is 0 Å². The second kappa shape index (κ2) is 6.48. The van der Waals surface area contributed by atoms with Gasteiger partial charge in [0.1, 0.15) is 11.5 Å². The van der Waals surface area contributed by atoms with Crippen molar-refractivity contribution in [2.45, 2.75) is 6.04 Å². The van der Waals surface area contributed by atoms with Crippen molar-refractivity contribution in [2.24, 2.45) is 0 Å². The molecular formula is C22H17N5O. The maximum atomic E-state index is 7.56. The summed E-state index contributed by atoms with van der Waals surface area (Å²) in [6.45, 7) is 8.70. The van der Waals surface area contributed by atoms with Gasteiger partial charge in [0.2, 0.25) is 0 Å². The molecule has 4 aromatic rings. The van der Waals surface area contributed by atoms with Gasteiger partial charge in [-0.05, 0) is 17.7 Å². The van der Waals surface area contributed by atoms with Crippen molar-refractivity contribution in [2.75, 3.05) is 18.9 Å². The first-order chi connectivity index (χ1) is 13.7. The van der Waals surface area contributed by atoms with E-state index in [0.717, 1.165) is 27.7 Å². The summed E-state index contributed by atoms with van der Waals surface area (Å²) in [5.41, 5.74) is 10.8. The first-order valence-electron chi connectivity index (χ1n) is 9.04. The summed E-state index contributed by atoms with van der Waals surface area (Å²) in [6, 6.07) is 20.2. The van der Waals surface area contributed by atoms with Crippen LogP contribution in [0.4, 0.5) is 11.5 Å². The summed E-state index contributed by atoms with van der Waals surface area (Å²) < 4.78 is 6.95. The van der Waals surface area contributed by atoms with Crippen LogP contribution in [0.25, 0.3) is 38.3 Å². The van der Waals surface area contributed by atoms with Crippen LogP contribution < -0.4 is 5.73 Å². The molecule has 5 rings (SSSR count). The molecule has 0 unspecified atom stereocenters. The molecule has 0 spiro atoms. The van der Waals surface area contributed by atoms with E-state index in [9.17, 15) is 0 Å². The zero-order valence-electron chi connectivity index (χ0n) is 15.0. The minimum atomic E-state index is 0.0949. The van der Waals surface area contributed by atoms with E-state index in [-0.39, 0.29) is 6.04 Å². The molecule has 3 heterocycles. The molecule has 0 saturated carbocycles. The highest BCUT2D eigenvalue weighted by Crippen LogP contribution is 2.38. The van der Waals surface area contributed by atoms with Gasteiger partial charge in [0.15, 0.2) is 0 Å². The highest BCUT2D eigenvalue weighted by Gasteiger charge is 2.27. The topological polar surface area (TPSA) is 70.3 Å². The Kier molecular flexibility index (Phi) is 3.81. The van der Waals surface area contributed by atoms with Gasteiger partial charge < -0.3 is 10.5 Å². The van der Waals surface area contributed by atoms with E-state index >= 15 is 0 Å². The lowest BCUT2D eigenvalue weighted by Crippen LogP contribution is -2.32. The van der Waals surface area contributed by atoms with Crippen molar-refractivity contribution in [3.05, 3.63) is 72.1 Å². The number of hydrogen-bond acceptors (Lipinski definition) is 4. The second-order valence-corrected chi connectivity index (χ2v) is 6.80. The van der Waals surface area contributed by atoms with Gasteiger partial charge in [-0.3, -0.25) is 4.68 Å². The maximum absolute atomic E-state index is 7.56. The number of anilines is 1. The van der Waals surface area contributed by atoms with Gasteiger partial charge in [-0.2, -0.15) is 5.10 Å². The number of ether oxygens (including phenoxy) is 1. The lowest BCUT2D eigenvalue weighted by atomic mass is 10.1. The van der Waals surface area contributed by atoms with Gasteiger partial charge in [-0.1, -0.05) is 48.5 Å². The Morgan fingerprint density at radius 3 is 2.54 bits per heavy atom. The molecule has 2 N–H and O–H groups in total. The van der Waals surface area contributed by atoms with Crippen molar-refractivity contribution >= 4 is 22.4 Å². The summed E-state index contributed by atoms with van der Waals surface area (Å²) in [6.07, 6.45) is 0. The van der Waals surface area contributed by atoms with E-state index in [1.54, 1.807) is 4.68 Å². The molecule has 2 aromatic carbocycles. The van der Waals surface area contributed by atoms with E-state index in [1.807, 2.05) is 54.6 Å². The Bertz CT molecular complexity index is 1220. The van der Waals surface area contributed by atoms with E-state index < -0.39 is 0 Å². The van der Waals surface area contributed by atoms with Crippen molar-refractivity contribution < 1.29 is 4.74 Å². The molecule has 0 amide bonds. The number of nitrogens with two attached hydrogens (primary N) is 1. The van der Waals surface area contributed by atoms with Crippen LogP contribution in [-0.4, -0.2) is 28.0 Å². The summed E-state index contributed by atoms with van der Waals surface area (Å²) >= 11 is 0. The van der Waals surface area contributed by atoms with E-state index in [0.29, 0.717) is 30.4 Å². The molecular weight excluding hydrogens is 350 g/mol. The molecule has 28 heavy (non-hydrogen) atoms. The number of nitrogens with zero attached hydrogens (tertiary/aromatic N) is 4. The third kappa shape index (κ3) is 2.61. The normalized spacial score (nSPS) is 14.0. The Hall–Kier alpha value is -3.69. The Labute approximate surface area is 162 Å². The van der Waals surface area contributed by atoms with Crippen LogP contribution in [0, 0.1) is 6.57 Å². The lowest BCUT2D eigenvalue weighted by molar-refractivity contribution is -0.0274. The van der Waals surface area contributed by atoms with Gasteiger partial charge in [0, 0.05) is 10.9 Å². The van der Waals surface area contributed by atoms with Gasteiger partial charge in [-0.15, -0.1) is 0 Å². The van der Waals surface area contributed by atoms with Crippen molar-refractivity contribution in [3.8, 4) is 22.5 Å². The molecule has 6 nitrogen and oxygen atoms in total. The van der Waals surface area contributed by atoms with Crippen molar-refractivity contribution in [1.82, 2.24) is 14.8 Å². The van der Waals surface area contributed by atoms with Gasteiger partial charge in [-0.25, -0.2) is 9.83 Å². The van der Waals surface area contributed by atoms with Crippen molar-refractivity contribution in [3.63, 3.8) is 0 Å². The third-order valence-corrected chi connectivity index (χ3v) is 5.03. The van der Waals surface area contributed by atoms with Crippen LogP contribution in [0.5, 0.6) is 0 Å². The Morgan fingerprint density at radius 2 is 1.82 bits per heavy atom. The minimum Gasteiger partial charge on any atom is -0.393 e. The van der Waals surface area contributed by atoms with Crippen LogP contribution in [0.1, 0.15) is 6.04 Å². The van der Waals surface area contributed by atoms with Crippen LogP contribution in [0.15, 0.2) is 60.7 Å². The molecule has 1 aliphatic rings. The highest BCUT2D eigenvalue weighted by molar-refractivity contribution is 5.90. The monoisotopic (exact) mass is 367 g/mol. The number of fused-ring (bicyclic) bond motifs is 1. The molecule has 1 aliphatic heterocycles. The fraction of sp³-hybridized carbons (Fsp3) is 0.136. The molecule has 0 radical (unpaired) electrons. The average molecular weight is 367 g/mol. The highest BCUT2D eigenvalue weighted by atomic mass is 16.5. The zero-order valence-corrected chi connectivity index (χ0v) is 15.0.